The fraction of sp³-hybridized carbons (Fsp3) is 0.409. The predicted octanol–water partition coefficient (Wildman–Crippen LogP) is 2.63. The van der Waals surface area contributed by atoms with E-state index in [2.05, 4.69) is 24.1 Å². The molecule has 1 amide bonds. The predicted molar refractivity (Wildman–Crippen MR) is 124 cm³/mol. The summed E-state index contributed by atoms with van der Waals surface area (Å²) in [6, 6.07) is 12.7. The van der Waals surface area contributed by atoms with Crippen LogP contribution in [-0.4, -0.2) is 54.4 Å². The molecule has 0 saturated heterocycles. The van der Waals surface area contributed by atoms with E-state index in [-0.39, 0.29) is 12.2 Å². The highest BCUT2D eigenvalue weighted by molar-refractivity contribution is 7.92. The number of methoxy groups -OCH3 is 2. The molecule has 0 saturated carbocycles. The Hall–Kier alpha value is -2.94. The van der Waals surface area contributed by atoms with Crippen LogP contribution in [0.3, 0.4) is 0 Å². The van der Waals surface area contributed by atoms with Crippen molar-refractivity contribution in [2.75, 3.05) is 49.3 Å². The molecule has 31 heavy (non-hydrogen) atoms. The highest BCUT2D eigenvalue weighted by Gasteiger charge is 2.24. The third-order valence-corrected chi connectivity index (χ3v) is 6.02. The zero-order chi connectivity index (χ0) is 23.0. The number of ether oxygens (including phenoxy) is 2. The normalized spacial score (nSPS) is 11.0. The molecular formula is C22H31N3O5S. The molecule has 0 fully saturated rings. The number of nitrogens with one attached hydrogen (secondary N) is 1. The van der Waals surface area contributed by atoms with Gasteiger partial charge in [-0.05, 0) is 43.7 Å². The van der Waals surface area contributed by atoms with Crippen molar-refractivity contribution in [2.45, 2.75) is 20.4 Å². The zero-order valence-electron chi connectivity index (χ0n) is 18.7. The first kappa shape index (κ1) is 24.3. The second kappa shape index (κ2) is 10.9. The van der Waals surface area contributed by atoms with E-state index in [4.69, 9.17) is 9.47 Å². The first-order chi connectivity index (χ1) is 14.7. The van der Waals surface area contributed by atoms with E-state index in [1.54, 1.807) is 18.2 Å². The quantitative estimate of drug-likeness (QED) is 0.567. The molecule has 9 heteroatoms. The van der Waals surface area contributed by atoms with Crippen molar-refractivity contribution in [3.63, 3.8) is 0 Å². The summed E-state index contributed by atoms with van der Waals surface area (Å²) in [5.74, 6) is 0.396. The van der Waals surface area contributed by atoms with Crippen molar-refractivity contribution in [3.05, 3.63) is 48.0 Å². The lowest BCUT2D eigenvalue weighted by atomic mass is 10.2. The van der Waals surface area contributed by atoms with Crippen LogP contribution < -0.4 is 24.0 Å². The number of carbonyl (C=O) groups excluding carboxylic acids is 1. The van der Waals surface area contributed by atoms with Crippen LogP contribution in [-0.2, 0) is 21.4 Å². The maximum Gasteiger partial charge on any atom is 0.241 e. The Morgan fingerprint density at radius 1 is 1.00 bits per heavy atom. The number of nitrogens with zero attached hydrogens (tertiary/aromatic N) is 2. The molecule has 0 spiro atoms. The van der Waals surface area contributed by atoms with E-state index in [1.807, 2.05) is 24.3 Å². The number of rotatable bonds is 11. The molecule has 170 valence electrons. The van der Waals surface area contributed by atoms with Gasteiger partial charge >= 0.3 is 0 Å². The molecule has 0 aliphatic rings. The summed E-state index contributed by atoms with van der Waals surface area (Å²) in [6.45, 7) is 5.98. The maximum absolute atomic E-state index is 12.5. The molecule has 2 aromatic rings. The molecule has 0 heterocycles. The minimum Gasteiger partial charge on any atom is -0.497 e. The van der Waals surface area contributed by atoms with Crippen LogP contribution in [0.2, 0.25) is 0 Å². The van der Waals surface area contributed by atoms with Gasteiger partial charge in [0.2, 0.25) is 15.9 Å². The summed E-state index contributed by atoms with van der Waals surface area (Å²) < 4.78 is 36.2. The Morgan fingerprint density at radius 3 is 2.16 bits per heavy atom. The number of hydrogen-bond donors (Lipinski definition) is 1. The largest absolute Gasteiger partial charge is 0.497 e. The molecule has 0 unspecified atom stereocenters. The lowest BCUT2D eigenvalue weighted by Gasteiger charge is -2.24. The smallest absolute Gasteiger partial charge is 0.241 e. The molecule has 0 aromatic heterocycles. The van der Waals surface area contributed by atoms with Gasteiger partial charge in [-0.25, -0.2) is 8.42 Å². The molecule has 2 rings (SSSR count). The van der Waals surface area contributed by atoms with E-state index >= 15 is 0 Å². The molecule has 8 nitrogen and oxygen atoms in total. The van der Waals surface area contributed by atoms with Gasteiger partial charge in [-0.2, -0.15) is 0 Å². The molecule has 0 atom stereocenters. The summed E-state index contributed by atoms with van der Waals surface area (Å²) in [6.07, 6.45) is 1.05. The van der Waals surface area contributed by atoms with Gasteiger partial charge in [-0.3, -0.25) is 9.10 Å². The average Bonchev–Trinajstić information content (AvgIpc) is 2.76. The number of sulfonamides is 1. The van der Waals surface area contributed by atoms with E-state index < -0.39 is 15.9 Å². The standard InChI is InChI=1S/C22H31N3O5S/c1-6-24(7-2)18-10-8-17(9-11-18)15-23-22(26)16-25(31(5,27)28)20-13-12-19(29-3)14-21(20)30-4/h8-14H,6-7,15-16H2,1-5H3,(H,23,26). The minimum atomic E-state index is -3.72. The molecule has 0 bridgehead atoms. The molecule has 0 radical (unpaired) electrons. The molecule has 0 aliphatic heterocycles. The average molecular weight is 450 g/mol. The first-order valence-corrected chi connectivity index (χ1v) is 11.9. The fourth-order valence-electron chi connectivity index (χ4n) is 3.17. The fourth-order valence-corrected chi connectivity index (χ4v) is 4.03. The van der Waals surface area contributed by atoms with Crippen molar-refractivity contribution in [2.24, 2.45) is 0 Å². The molecule has 0 aliphatic carbocycles. The SMILES string of the molecule is CCN(CC)c1ccc(CNC(=O)CN(c2ccc(OC)cc2OC)S(C)(=O)=O)cc1. The maximum atomic E-state index is 12.5. The Kier molecular flexibility index (Phi) is 8.56. The summed E-state index contributed by atoms with van der Waals surface area (Å²) in [5, 5.41) is 2.78. The van der Waals surface area contributed by atoms with Crippen LogP contribution in [0.5, 0.6) is 11.5 Å². The van der Waals surface area contributed by atoms with Gasteiger partial charge in [-0.1, -0.05) is 12.1 Å². The monoisotopic (exact) mass is 449 g/mol. The van der Waals surface area contributed by atoms with Crippen molar-refractivity contribution < 1.29 is 22.7 Å². The molecular weight excluding hydrogens is 418 g/mol. The van der Waals surface area contributed by atoms with E-state index in [0.717, 1.165) is 34.9 Å². The topological polar surface area (TPSA) is 88.2 Å². The van der Waals surface area contributed by atoms with Crippen LogP contribution in [0.25, 0.3) is 0 Å². The van der Waals surface area contributed by atoms with Gasteiger partial charge in [0, 0.05) is 31.4 Å². The third kappa shape index (κ3) is 6.52. The van der Waals surface area contributed by atoms with Gasteiger partial charge < -0.3 is 19.7 Å². The zero-order valence-corrected chi connectivity index (χ0v) is 19.5. The second-order valence-corrected chi connectivity index (χ2v) is 8.83. The summed E-state index contributed by atoms with van der Waals surface area (Å²) in [7, 11) is -0.787. The van der Waals surface area contributed by atoms with Gasteiger partial charge in [-0.15, -0.1) is 0 Å². The molecule has 1 N–H and O–H groups in total. The van der Waals surface area contributed by atoms with Crippen molar-refractivity contribution >= 4 is 27.3 Å². The summed E-state index contributed by atoms with van der Waals surface area (Å²) >= 11 is 0. The van der Waals surface area contributed by atoms with Crippen LogP contribution in [0.15, 0.2) is 42.5 Å². The number of hydrogen-bond acceptors (Lipinski definition) is 6. The third-order valence-electron chi connectivity index (χ3n) is 4.90. The van der Waals surface area contributed by atoms with Gasteiger partial charge in [0.15, 0.2) is 0 Å². The Morgan fingerprint density at radius 2 is 1.65 bits per heavy atom. The van der Waals surface area contributed by atoms with E-state index in [9.17, 15) is 13.2 Å². The lowest BCUT2D eigenvalue weighted by molar-refractivity contribution is -0.119. The number of anilines is 2. The van der Waals surface area contributed by atoms with Gasteiger partial charge in [0.05, 0.1) is 26.2 Å². The van der Waals surface area contributed by atoms with Crippen LogP contribution in [0, 0.1) is 0 Å². The van der Waals surface area contributed by atoms with Crippen LogP contribution in [0.1, 0.15) is 19.4 Å². The van der Waals surface area contributed by atoms with E-state index in [1.165, 1.54) is 14.2 Å². The van der Waals surface area contributed by atoms with Gasteiger partial charge in [0.25, 0.3) is 0 Å². The molecule has 2 aromatic carbocycles. The summed E-state index contributed by atoms with van der Waals surface area (Å²) in [4.78, 5) is 14.8. The lowest BCUT2D eigenvalue weighted by Crippen LogP contribution is -2.40. The highest BCUT2D eigenvalue weighted by atomic mass is 32.2. The summed E-state index contributed by atoms with van der Waals surface area (Å²) in [5.41, 5.74) is 2.32. The minimum absolute atomic E-state index is 0.268. The van der Waals surface area contributed by atoms with Crippen molar-refractivity contribution in [1.29, 1.82) is 0 Å². The van der Waals surface area contributed by atoms with Crippen LogP contribution >= 0.6 is 0 Å². The number of amides is 1. The number of carbonyl (C=O) groups is 1. The van der Waals surface area contributed by atoms with Crippen LogP contribution in [0.4, 0.5) is 11.4 Å². The Labute approximate surface area is 184 Å². The first-order valence-electron chi connectivity index (χ1n) is 10.0. The van der Waals surface area contributed by atoms with E-state index in [0.29, 0.717) is 18.0 Å². The number of benzene rings is 2. The Balaban J connectivity index is 2.11. The van der Waals surface area contributed by atoms with Crippen molar-refractivity contribution in [1.82, 2.24) is 5.32 Å². The highest BCUT2D eigenvalue weighted by Crippen LogP contribution is 2.33. The van der Waals surface area contributed by atoms with Crippen molar-refractivity contribution in [3.8, 4) is 11.5 Å². The Bertz CT molecular complexity index is 973. The second-order valence-electron chi connectivity index (χ2n) is 6.92. The van der Waals surface area contributed by atoms with Gasteiger partial charge in [0.1, 0.15) is 18.0 Å².